The van der Waals surface area contributed by atoms with Gasteiger partial charge < -0.3 is 14.6 Å². The standard InChI is InChI=1S/C19H16Cl2F2N4O2S/c1-2-27-17(9-29-16-7-11(20)3-5-13(16)21)25-26-19(27)30-10-18(28)24-15-6-4-12(22)8-14(15)23/h3-8H,2,9-10H2,1H3,(H,24,28). The van der Waals surface area contributed by atoms with Crippen LogP contribution >= 0.6 is 35.0 Å². The van der Waals surface area contributed by atoms with E-state index in [1.54, 1.807) is 22.8 Å². The molecule has 0 saturated carbocycles. The van der Waals surface area contributed by atoms with Crippen LogP contribution in [0.15, 0.2) is 41.6 Å². The van der Waals surface area contributed by atoms with E-state index < -0.39 is 17.5 Å². The summed E-state index contributed by atoms with van der Waals surface area (Å²) in [5.74, 6) is -1.09. The van der Waals surface area contributed by atoms with Gasteiger partial charge in [-0.2, -0.15) is 0 Å². The Morgan fingerprint density at radius 3 is 2.73 bits per heavy atom. The molecular formula is C19H16Cl2F2N4O2S. The smallest absolute Gasteiger partial charge is 0.234 e. The normalized spacial score (nSPS) is 10.8. The summed E-state index contributed by atoms with van der Waals surface area (Å²) in [4.78, 5) is 12.1. The Kier molecular flexibility index (Phi) is 7.52. The van der Waals surface area contributed by atoms with Crippen molar-refractivity contribution in [1.82, 2.24) is 14.8 Å². The second-order valence-electron chi connectivity index (χ2n) is 5.97. The summed E-state index contributed by atoms with van der Waals surface area (Å²) < 4.78 is 34.1. The van der Waals surface area contributed by atoms with Gasteiger partial charge in [0, 0.05) is 23.7 Å². The minimum atomic E-state index is -0.843. The predicted octanol–water partition coefficient (Wildman–Crippen LogP) is 5.19. The Bertz CT molecular complexity index is 1070. The van der Waals surface area contributed by atoms with Crippen LogP contribution in [-0.4, -0.2) is 26.4 Å². The SMILES string of the molecule is CCn1c(COc2cc(Cl)ccc2Cl)nnc1SCC(=O)Nc1ccc(F)cc1F. The highest BCUT2D eigenvalue weighted by Gasteiger charge is 2.15. The van der Waals surface area contributed by atoms with Crippen molar-refractivity contribution in [3.8, 4) is 5.75 Å². The zero-order chi connectivity index (χ0) is 21.7. The summed E-state index contributed by atoms with van der Waals surface area (Å²) in [6.45, 7) is 2.55. The first-order chi connectivity index (χ1) is 14.4. The number of hydrogen-bond acceptors (Lipinski definition) is 5. The number of nitrogens with one attached hydrogen (secondary N) is 1. The van der Waals surface area contributed by atoms with Crippen molar-refractivity contribution in [2.75, 3.05) is 11.1 Å². The van der Waals surface area contributed by atoms with E-state index in [4.69, 9.17) is 27.9 Å². The van der Waals surface area contributed by atoms with Crippen molar-refractivity contribution in [3.63, 3.8) is 0 Å². The summed E-state index contributed by atoms with van der Waals surface area (Å²) in [6.07, 6.45) is 0. The number of aromatic nitrogens is 3. The number of anilines is 1. The van der Waals surface area contributed by atoms with Crippen molar-refractivity contribution in [1.29, 1.82) is 0 Å². The number of carbonyl (C=O) groups is 1. The summed E-state index contributed by atoms with van der Waals surface area (Å²) in [5.41, 5.74) is -0.0913. The monoisotopic (exact) mass is 472 g/mol. The fraction of sp³-hybridized carbons (Fsp3) is 0.211. The van der Waals surface area contributed by atoms with Crippen molar-refractivity contribution in [3.05, 3.63) is 63.9 Å². The molecule has 2 aromatic carbocycles. The lowest BCUT2D eigenvalue weighted by Gasteiger charge is -2.10. The molecule has 1 N–H and O–H groups in total. The predicted molar refractivity (Wildman–Crippen MR) is 112 cm³/mol. The largest absolute Gasteiger partial charge is 0.484 e. The molecule has 30 heavy (non-hydrogen) atoms. The van der Waals surface area contributed by atoms with Crippen LogP contribution in [0.5, 0.6) is 5.75 Å². The van der Waals surface area contributed by atoms with Crippen LogP contribution in [0.3, 0.4) is 0 Å². The maximum absolute atomic E-state index is 13.7. The topological polar surface area (TPSA) is 69.0 Å². The van der Waals surface area contributed by atoms with Gasteiger partial charge in [-0.1, -0.05) is 35.0 Å². The van der Waals surface area contributed by atoms with Crippen molar-refractivity contribution >= 4 is 46.6 Å². The third-order valence-corrected chi connectivity index (χ3v) is 5.41. The summed E-state index contributed by atoms with van der Waals surface area (Å²) in [7, 11) is 0. The zero-order valence-corrected chi connectivity index (χ0v) is 18.0. The lowest BCUT2D eigenvalue weighted by molar-refractivity contribution is -0.113. The first kappa shape index (κ1) is 22.3. The molecule has 0 atom stereocenters. The van der Waals surface area contributed by atoms with E-state index in [1.165, 1.54) is 0 Å². The minimum Gasteiger partial charge on any atom is -0.484 e. The maximum Gasteiger partial charge on any atom is 0.234 e. The molecule has 11 heteroatoms. The molecule has 0 spiro atoms. The Labute approximate surface area is 185 Å². The molecular weight excluding hydrogens is 457 g/mol. The number of hydrogen-bond donors (Lipinski definition) is 1. The van der Waals surface area contributed by atoms with E-state index in [-0.39, 0.29) is 18.0 Å². The summed E-state index contributed by atoms with van der Waals surface area (Å²) in [5, 5.41) is 12.0. The highest BCUT2D eigenvalue weighted by Crippen LogP contribution is 2.28. The van der Waals surface area contributed by atoms with E-state index in [0.717, 1.165) is 23.9 Å². The summed E-state index contributed by atoms with van der Waals surface area (Å²) >= 11 is 13.2. The van der Waals surface area contributed by atoms with Crippen molar-refractivity contribution in [2.45, 2.75) is 25.2 Å². The first-order valence-electron chi connectivity index (χ1n) is 8.75. The Hall–Kier alpha value is -2.36. The van der Waals surface area contributed by atoms with Crippen LogP contribution in [0.2, 0.25) is 10.0 Å². The molecule has 1 heterocycles. The molecule has 3 rings (SSSR count). The van der Waals surface area contributed by atoms with Crippen LogP contribution in [0, 0.1) is 11.6 Å². The minimum absolute atomic E-state index is 0.0318. The second kappa shape index (κ2) is 10.1. The van der Waals surface area contributed by atoms with Gasteiger partial charge in [0.25, 0.3) is 0 Å². The van der Waals surface area contributed by atoms with E-state index in [2.05, 4.69) is 15.5 Å². The third-order valence-electron chi connectivity index (χ3n) is 3.90. The van der Waals surface area contributed by atoms with Gasteiger partial charge in [-0.25, -0.2) is 8.78 Å². The number of amides is 1. The van der Waals surface area contributed by atoms with E-state index >= 15 is 0 Å². The number of halogens is 4. The molecule has 0 unspecified atom stereocenters. The fourth-order valence-electron chi connectivity index (χ4n) is 2.49. The van der Waals surface area contributed by atoms with Crippen LogP contribution in [0.1, 0.15) is 12.7 Å². The zero-order valence-electron chi connectivity index (χ0n) is 15.7. The van der Waals surface area contributed by atoms with Gasteiger partial charge >= 0.3 is 0 Å². The van der Waals surface area contributed by atoms with Crippen LogP contribution in [-0.2, 0) is 17.9 Å². The fourth-order valence-corrected chi connectivity index (χ4v) is 3.64. The Balaban J connectivity index is 1.61. The first-order valence-corrected chi connectivity index (χ1v) is 10.5. The van der Waals surface area contributed by atoms with Gasteiger partial charge in [0.1, 0.15) is 24.0 Å². The quantitative estimate of drug-likeness (QED) is 0.456. The molecule has 0 bridgehead atoms. The lowest BCUT2D eigenvalue weighted by atomic mass is 10.3. The highest BCUT2D eigenvalue weighted by molar-refractivity contribution is 7.99. The molecule has 1 amide bonds. The van der Waals surface area contributed by atoms with E-state index in [0.29, 0.717) is 39.4 Å². The van der Waals surface area contributed by atoms with Crippen LogP contribution in [0.4, 0.5) is 14.5 Å². The third kappa shape index (κ3) is 5.62. The molecule has 0 aliphatic carbocycles. The van der Waals surface area contributed by atoms with Crippen LogP contribution in [0.25, 0.3) is 0 Å². The van der Waals surface area contributed by atoms with Gasteiger partial charge in [0.2, 0.25) is 5.91 Å². The number of nitrogens with zero attached hydrogens (tertiary/aromatic N) is 3. The Morgan fingerprint density at radius 2 is 2.00 bits per heavy atom. The molecule has 0 aliphatic heterocycles. The van der Waals surface area contributed by atoms with Gasteiger partial charge in [-0.15, -0.1) is 10.2 Å². The number of benzene rings is 2. The van der Waals surface area contributed by atoms with Gasteiger partial charge in [0.15, 0.2) is 11.0 Å². The highest BCUT2D eigenvalue weighted by atomic mass is 35.5. The second-order valence-corrected chi connectivity index (χ2v) is 7.75. The molecule has 0 fully saturated rings. The molecule has 0 saturated heterocycles. The molecule has 0 radical (unpaired) electrons. The van der Waals surface area contributed by atoms with E-state index in [1.807, 2.05) is 6.92 Å². The average Bonchev–Trinajstić information content (AvgIpc) is 3.11. The molecule has 158 valence electrons. The number of ether oxygens (including phenoxy) is 1. The van der Waals surface area contributed by atoms with Gasteiger partial charge in [-0.3, -0.25) is 4.79 Å². The average molecular weight is 473 g/mol. The molecule has 0 aliphatic rings. The number of rotatable bonds is 8. The molecule has 3 aromatic rings. The molecule has 6 nitrogen and oxygen atoms in total. The van der Waals surface area contributed by atoms with Crippen molar-refractivity contribution in [2.24, 2.45) is 0 Å². The lowest BCUT2D eigenvalue weighted by Crippen LogP contribution is -2.16. The summed E-state index contributed by atoms with van der Waals surface area (Å²) in [6, 6.07) is 7.83. The Morgan fingerprint density at radius 1 is 1.20 bits per heavy atom. The van der Waals surface area contributed by atoms with Gasteiger partial charge in [0.05, 0.1) is 16.5 Å². The number of carbonyl (C=O) groups excluding carboxylic acids is 1. The van der Waals surface area contributed by atoms with E-state index in [9.17, 15) is 13.6 Å². The van der Waals surface area contributed by atoms with Gasteiger partial charge in [-0.05, 0) is 31.2 Å². The molecule has 1 aromatic heterocycles. The van der Waals surface area contributed by atoms with Crippen LogP contribution < -0.4 is 10.1 Å². The maximum atomic E-state index is 13.7. The van der Waals surface area contributed by atoms with Crippen molar-refractivity contribution < 1.29 is 18.3 Å². The number of thioether (sulfide) groups is 1.